The van der Waals surface area contributed by atoms with Gasteiger partial charge in [-0.05, 0) is 61.0 Å². The van der Waals surface area contributed by atoms with Crippen LogP contribution in [0, 0.1) is 0 Å². The summed E-state index contributed by atoms with van der Waals surface area (Å²) in [5, 5.41) is 3.50. The highest BCUT2D eigenvalue weighted by Crippen LogP contribution is 2.26. The maximum Gasteiger partial charge on any atom is 0.326 e. The van der Waals surface area contributed by atoms with E-state index in [1.807, 2.05) is 0 Å². The first-order valence-electron chi connectivity index (χ1n) is 10.0. The fraction of sp³-hybridized carbons (Fsp3) is 0.174. The van der Waals surface area contributed by atoms with E-state index in [0.29, 0.717) is 33.6 Å². The summed E-state index contributed by atoms with van der Waals surface area (Å²) in [5.41, 5.74) is 1.11. The largest absolute Gasteiger partial charge is 0.497 e. The maximum atomic E-state index is 13.0. The summed E-state index contributed by atoms with van der Waals surface area (Å²) in [4.78, 5) is 14.7. The molecular formula is C23H23Cl2N3O4S. The molecule has 0 aliphatic rings. The van der Waals surface area contributed by atoms with Gasteiger partial charge in [-0.15, -0.1) is 0 Å². The van der Waals surface area contributed by atoms with E-state index in [4.69, 9.17) is 27.9 Å². The number of carbonyl (C=O) groups excluding carboxylic acids is 1. The van der Waals surface area contributed by atoms with Gasteiger partial charge in [-0.3, -0.25) is 4.90 Å². The molecule has 0 saturated heterocycles. The second-order valence-electron chi connectivity index (χ2n) is 6.97. The standard InChI is InChI=1S/C23H23Cl2N3O4S/c1-32-19-11-9-18(10-12-19)28(23(29)27-17-8-13-21(24)22(25)16-17)15-5-14-26-33(30,31)20-6-3-2-4-7-20/h2-4,6-13,16,26H,5,14-15H2,1H3,(H,27,29). The van der Waals surface area contributed by atoms with Crippen molar-refractivity contribution in [2.45, 2.75) is 11.3 Å². The Morgan fingerprint density at radius 3 is 2.30 bits per heavy atom. The molecule has 3 rings (SSSR count). The van der Waals surface area contributed by atoms with Crippen LogP contribution in [0.5, 0.6) is 5.75 Å². The zero-order valence-corrected chi connectivity index (χ0v) is 20.1. The minimum atomic E-state index is -3.62. The molecule has 3 aromatic carbocycles. The molecule has 0 spiro atoms. The number of nitrogens with one attached hydrogen (secondary N) is 2. The molecule has 0 saturated carbocycles. The second kappa shape index (κ2) is 11.4. The van der Waals surface area contributed by atoms with Crippen LogP contribution in [0.25, 0.3) is 0 Å². The summed E-state index contributed by atoms with van der Waals surface area (Å²) in [5.74, 6) is 0.652. The molecule has 0 bridgehead atoms. The number of urea groups is 1. The van der Waals surface area contributed by atoms with Crippen molar-refractivity contribution in [3.63, 3.8) is 0 Å². The quantitative estimate of drug-likeness (QED) is 0.379. The average Bonchev–Trinajstić information content (AvgIpc) is 2.82. The molecule has 0 aliphatic heterocycles. The summed E-state index contributed by atoms with van der Waals surface area (Å²) in [7, 11) is -2.06. The number of hydrogen-bond donors (Lipinski definition) is 2. The van der Waals surface area contributed by atoms with Crippen LogP contribution in [0.1, 0.15) is 6.42 Å². The molecule has 0 fully saturated rings. The van der Waals surface area contributed by atoms with Gasteiger partial charge in [0, 0.05) is 24.5 Å². The Balaban J connectivity index is 1.70. The number of ether oxygens (including phenoxy) is 1. The number of nitrogens with zero attached hydrogens (tertiary/aromatic N) is 1. The highest BCUT2D eigenvalue weighted by atomic mass is 35.5. The zero-order chi connectivity index (χ0) is 23.8. The van der Waals surface area contributed by atoms with Crippen LogP contribution >= 0.6 is 23.2 Å². The number of benzene rings is 3. The van der Waals surface area contributed by atoms with Crippen LogP contribution in [0.2, 0.25) is 10.0 Å². The Morgan fingerprint density at radius 1 is 0.970 bits per heavy atom. The molecule has 0 aromatic heterocycles. The van der Waals surface area contributed by atoms with E-state index in [2.05, 4.69) is 10.0 Å². The van der Waals surface area contributed by atoms with Crippen molar-refractivity contribution in [2.75, 3.05) is 30.4 Å². The van der Waals surface area contributed by atoms with Crippen LogP contribution in [0.15, 0.2) is 77.7 Å². The summed E-state index contributed by atoms with van der Waals surface area (Å²) in [6, 6.07) is 19.5. The van der Waals surface area contributed by atoms with Crippen molar-refractivity contribution in [2.24, 2.45) is 0 Å². The first-order valence-corrected chi connectivity index (χ1v) is 12.3. The molecule has 174 valence electrons. The number of sulfonamides is 1. The van der Waals surface area contributed by atoms with Crippen LogP contribution < -0.4 is 19.7 Å². The molecule has 3 aromatic rings. The lowest BCUT2D eigenvalue weighted by molar-refractivity contribution is 0.257. The highest BCUT2D eigenvalue weighted by molar-refractivity contribution is 7.89. The number of methoxy groups -OCH3 is 1. The molecule has 0 heterocycles. The number of amides is 2. The molecular weight excluding hydrogens is 485 g/mol. The molecule has 2 N–H and O–H groups in total. The van der Waals surface area contributed by atoms with E-state index in [9.17, 15) is 13.2 Å². The third kappa shape index (κ3) is 6.85. The zero-order valence-electron chi connectivity index (χ0n) is 17.8. The molecule has 33 heavy (non-hydrogen) atoms. The van der Waals surface area contributed by atoms with E-state index in [-0.39, 0.29) is 18.0 Å². The smallest absolute Gasteiger partial charge is 0.326 e. The van der Waals surface area contributed by atoms with E-state index >= 15 is 0 Å². The summed E-state index contributed by atoms with van der Waals surface area (Å²) < 4.78 is 32.6. The van der Waals surface area contributed by atoms with Crippen LogP contribution in [-0.2, 0) is 10.0 Å². The van der Waals surface area contributed by atoms with Gasteiger partial charge in [0.1, 0.15) is 5.75 Å². The Hall–Kier alpha value is -2.78. The lowest BCUT2D eigenvalue weighted by atomic mass is 10.2. The number of anilines is 2. The van der Waals surface area contributed by atoms with Crippen molar-refractivity contribution in [3.05, 3.63) is 82.8 Å². The highest BCUT2D eigenvalue weighted by Gasteiger charge is 2.18. The van der Waals surface area contributed by atoms with Crippen LogP contribution in [0.4, 0.5) is 16.2 Å². The van der Waals surface area contributed by atoms with Crippen molar-refractivity contribution >= 4 is 50.6 Å². The van der Waals surface area contributed by atoms with Crippen molar-refractivity contribution in [3.8, 4) is 5.75 Å². The average molecular weight is 508 g/mol. The summed E-state index contributed by atoms with van der Waals surface area (Å²) >= 11 is 12.0. The topological polar surface area (TPSA) is 87.7 Å². The second-order valence-corrected chi connectivity index (χ2v) is 9.55. The predicted octanol–water partition coefficient (Wildman–Crippen LogP) is 5.41. The number of hydrogen-bond acceptors (Lipinski definition) is 4. The van der Waals surface area contributed by atoms with E-state index in [1.165, 1.54) is 17.0 Å². The van der Waals surface area contributed by atoms with Crippen LogP contribution in [0.3, 0.4) is 0 Å². The number of rotatable bonds is 9. The van der Waals surface area contributed by atoms with Crippen molar-refractivity contribution in [1.82, 2.24) is 4.72 Å². The van der Waals surface area contributed by atoms with Crippen LogP contribution in [-0.4, -0.2) is 34.6 Å². The molecule has 0 radical (unpaired) electrons. The van der Waals surface area contributed by atoms with Gasteiger partial charge in [-0.25, -0.2) is 17.9 Å². The Morgan fingerprint density at radius 2 is 1.67 bits per heavy atom. The minimum absolute atomic E-state index is 0.157. The molecule has 0 atom stereocenters. The van der Waals surface area contributed by atoms with Gasteiger partial charge in [-0.1, -0.05) is 41.4 Å². The Labute approximate surface area is 203 Å². The van der Waals surface area contributed by atoms with Gasteiger partial charge in [0.05, 0.1) is 22.1 Å². The fourth-order valence-electron chi connectivity index (χ4n) is 3.00. The SMILES string of the molecule is COc1ccc(N(CCCNS(=O)(=O)c2ccccc2)C(=O)Nc2ccc(Cl)c(Cl)c2)cc1. The first-order chi connectivity index (χ1) is 15.8. The minimum Gasteiger partial charge on any atom is -0.497 e. The summed E-state index contributed by atoms with van der Waals surface area (Å²) in [6.45, 7) is 0.417. The van der Waals surface area contributed by atoms with E-state index in [1.54, 1.807) is 67.8 Å². The Bertz CT molecular complexity index is 1190. The number of carbonyl (C=O) groups is 1. The van der Waals surface area contributed by atoms with Gasteiger partial charge >= 0.3 is 6.03 Å². The predicted molar refractivity (Wildman–Crippen MR) is 132 cm³/mol. The Kier molecular flexibility index (Phi) is 8.57. The first kappa shape index (κ1) is 24.9. The lowest BCUT2D eigenvalue weighted by Crippen LogP contribution is -2.37. The van der Waals surface area contributed by atoms with Gasteiger partial charge in [0.15, 0.2) is 0 Å². The van der Waals surface area contributed by atoms with Crippen molar-refractivity contribution < 1.29 is 17.9 Å². The normalized spacial score (nSPS) is 11.1. The van der Waals surface area contributed by atoms with E-state index < -0.39 is 16.1 Å². The van der Waals surface area contributed by atoms with E-state index in [0.717, 1.165) is 0 Å². The number of halogens is 2. The van der Waals surface area contributed by atoms with Crippen molar-refractivity contribution in [1.29, 1.82) is 0 Å². The molecule has 2 amide bonds. The molecule has 0 unspecified atom stereocenters. The van der Waals surface area contributed by atoms with Gasteiger partial charge in [0.25, 0.3) is 0 Å². The molecule has 10 heteroatoms. The van der Waals surface area contributed by atoms with Gasteiger partial charge < -0.3 is 10.1 Å². The van der Waals surface area contributed by atoms with Gasteiger partial charge in [-0.2, -0.15) is 0 Å². The third-order valence-corrected chi connectivity index (χ3v) is 6.92. The lowest BCUT2D eigenvalue weighted by Gasteiger charge is -2.24. The monoisotopic (exact) mass is 507 g/mol. The van der Waals surface area contributed by atoms with Gasteiger partial charge in [0.2, 0.25) is 10.0 Å². The summed E-state index contributed by atoms with van der Waals surface area (Å²) in [6.07, 6.45) is 0.382. The molecule has 0 aliphatic carbocycles. The maximum absolute atomic E-state index is 13.0. The fourth-order valence-corrected chi connectivity index (χ4v) is 4.39. The molecule has 7 nitrogen and oxygen atoms in total. The third-order valence-electron chi connectivity index (χ3n) is 4.70.